The van der Waals surface area contributed by atoms with Crippen molar-refractivity contribution in [1.29, 1.82) is 0 Å². The van der Waals surface area contributed by atoms with E-state index in [9.17, 15) is 0 Å². The smallest absolute Gasteiger partial charge is 0.119 e. The molecule has 2 aromatic rings. The Morgan fingerprint density at radius 1 is 1.15 bits per heavy atom. The van der Waals surface area contributed by atoms with Crippen LogP contribution < -0.4 is 10.1 Å². The van der Waals surface area contributed by atoms with Gasteiger partial charge in [0, 0.05) is 17.5 Å². The number of aryl methyl sites for hydroxylation is 1. The fourth-order valence-corrected chi connectivity index (χ4v) is 3.15. The van der Waals surface area contributed by atoms with E-state index in [4.69, 9.17) is 4.74 Å². The highest BCUT2D eigenvalue weighted by molar-refractivity contribution is 7.10. The SMILES string of the molecule is CCOc1ccc(C(C)NCc2sccc2CC)cc1. The van der Waals surface area contributed by atoms with Gasteiger partial charge in [-0.05, 0) is 55.0 Å². The summed E-state index contributed by atoms with van der Waals surface area (Å²) in [5.41, 5.74) is 2.75. The first-order valence-electron chi connectivity index (χ1n) is 7.26. The van der Waals surface area contributed by atoms with E-state index in [0.717, 1.165) is 18.7 Å². The summed E-state index contributed by atoms with van der Waals surface area (Å²) in [5, 5.41) is 5.78. The molecular formula is C17H23NOS. The number of benzene rings is 1. The summed E-state index contributed by atoms with van der Waals surface area (Å²) in [6.07, 6.45) is 1.11. The van der Waals surface area contributed by atoms with Gasteiger partial charge in [-0.25, -0.2) is 0 Å². The molecule has 3 heteroatoms. The molecule has 0 saturated heterocycles. The molecule has 2 rings (SSSR count). The monoisotopic (exact) mass is 289 g/mol. The minimum Gasteiger partial charge on any atom is -0.494 e. The molecule has 0 aliphatic carbocycles. The summed E-state index contributed by atoms with van der Waals surface area (Å²) in [7, 11) is 0. The number of nitrogens with one attached hydrogen (secondary N) is 1. The number of ether oxygens (including phenoxy) is 1. The Labute approximate surface area is 125 Å². The molecule has 0 saturated carbocycles. The fraction of sp³-hybridized carbons (Fsp3) is 0.412. The molecule has 20 heavy (non-hydrogen) atoms. The molecule has 1 N–H and O–H groups in total. The number of hydrogen-bond donors (Lipinski definition) is 1. The van der Waals surface area contributed by atoms with E-state index in [-0.39, 0.29) is 0 Å². The van der Waals surface area contributed by atoms with Gasteiger partial charge in [0.2, 0.25) is 0 Å². The molecular weight excluding hydrogens is 266 g/mol. The Bertz CT molecular complexity index is 518. The molecule has 0 amide bonds. The summed E-state index contributed by atoms with van der Waals surface area (Å²) in [6.45, 7) is 8.07. The molecule has 0 fully saturated rings. The minimum atomic E-state index is 0.345. The molecule has 0 bridgehead atoms. The number of hydrogen-bond acceptors (Lipinski definition) is 3. The third-order valence-electron chi connectivity index (χ3n) is 3.48. The van der Waals surface area contributed by atoms with Crippen molar-refractivity contribution in [2.75, 3.05) is 6.61 Å². The molecule has 1 unspecified atom stereocenters. The zero-order chi connectivity index (χ0) is 14.4. The molecule has 0 aliphatic rings. The van der Waals surface area contributed by atoms with Crippen molar-refractivity contribution in [3.05, 3.63) is 51.7 Å². The van der Waals surface area contributed by atoms with Crippen molar-refractivity contribution in [3.8, 4) is 5.75 Å². The first-order valence-corrected chi connectivity index (χ1v) is 8.14. The Hall–Kier alpha value is -1.32. The van der Waals surface area contributed by atoms with Crippen LogP contribution in [0.25, 0.3) is 0 Å². The van der Waals surface area contributed by atoms with Crippen LogP contribution >= 0.6 is 11.3 Å². The van der Waals surface area contributed by atoms with E-state index in [1.807, 2.05) is 30.4 Å². The average Bonchev–Trinajstić information content (AvgIpc) is 2.93. The van der Waals surface area contributed by atoms with Crippen LogP contribution in [0.2, 0.25) is 0 Å². The fourth-order valence-electron chi connectivity index (χ4n) is 2.22. The van der Waals surface area contributed by atoms with Crippen LogP contribution in [0, 0.1) is 0 Å². The second kappa shape index (κ2) is 7.46. The summed E-state index contributed by atoms with van der Waals surface area (Å²) in [4.78, 5) is 1.45. The third-order valence-corrected chi connectivity index (χ3v) is 4.44. The van der Waals surface area contributed by atoms with Crippen LogP contribution in [-0.2, 0) is 13.0 Å². The Morgan fingerprint density at radius 3 is 2.55 bits per heavy atom. The predicted molar refractivity (Wildman–Crippen MR) is 86.6 cm³/mol. The van der Waals surface area contributed by atoms with Gasteiger partial charge < -0.3 is 10.1 Å². The van der Waals surface area contributed by atoms with Crippen molar-refractivity contribution in [2.24, 2.45) is 0 Å². The third kappa shape index (κ3) is 3.84. The van der Waals surface area contributed by atoms with E-state index in [2.05, 4.69) is 42.7 Å². The standard InChI is InChI=1S/C17H23NOS/c1-4-14-10-11-20-17(14)12-18-13(3)15-6-8-16(9-7-15)19-5-2/h6-11,13,18H,4-5,12H2,1-3H3. The molecule has 2 nitrogen and oxygen atoms in total. The van der Waals surface area contributed by atoms with Crippen molar-refractivity contribution in [1.82, 2.24) is 5.32 Å². The van der Waals surface area contributed by atoms with E-state index in [0.29, 0.717) is 12.6 Å². The van der Waals surface area contributed by atoms with E-state index in [1.54, 1.807) is 0 Å². The molecule has 1 atom stereocenters. The number of rotatable bonds is 7. The summed E-state index contributed by atoms with van der Waals surface area (Å²) in [6, 6.07) is 10.9. The first-order chi connectivity index (χ1) is 9.74. The maximum Gasteiger partial charge on any atom is 0.119 e. The molecule has 0 aliphatic heterocycles. The van der Waals surface area contributed by atoms with Crippen molar-refractivity contribution >= 4 is 11.3 Å². The van der Waals surface area contributed by atoms with Crippen LogP contribution in [0.1, 0.15) is 42.8 Å². The number of thiophene rings is 1. The van der Waals surface area contributed by atoms with Gasteiger partial charge in [0.05, 0.1) is 6.61 Å². The van der Waals surface area contributed by atoms with Gasteiger partial charge in [0.15, 0.2) is 0 Å². The highest BCUT2D eigenvalue weighted by Gasteiger charge is 2.07. The quantitative estimate of drug-likeness (QED) is 0.806. The van der Waals surface area contributed by atoms with Gasteiger partial charge in [-0.1, -0.05) is 19.1 Å². The van der Waals surface area contributed by atoms with E-state index >= 15 is 0 Å². The largest absolute Gasteiger partial charge is 0.494 e. The van der Waals surface area contributed by atoms with Gasteiger partial charge in [-0.15, -0.1) is 11.3 Å². The lowest BCUT2D eigenvalue weighted by molar-refractivity contribution is 0.340. The average molecular weight is 289 g/mol. The summed E-state index contributed by atoms with van der Waals surface area (Å²) in [5.74, 6) is 0.940. The van der Waals surface area contributed by atoms with Crippen LogP contribution in [0.4, 0.5) is 0 Å². The lowest BCUT2D eigenvalue weighted by atomic mass is 10.1. The first kappa shape index (κ1) is 15.1. The lowest BCUT2D eigenvalue weighted by Gasteiger charge is -2.15. The molecule has 1 aromatic carbocycles. The van der Waals surface area contributed by atoms with E-state index < -0.39 is 0 Å². The zero-order valence-corrected chi connectivity index (χ0v) is 13.3. The van der Waals surface area contributed by atoms with Gasteiger partial charge in [0.25, 0.3) is 0 Å². The normalized spacial score (nSPS) is 12.3. The maximum atomic E-state index is 5.47. The van der Waals surface area contributed by atoms with Gasteiger partial charge >= 0.3 is 0 Å². The molecule has 1 aromatic heterocycles. The van der Waals surface area contributed by atoms with Gasteiger partial charge in [-0.2, -0.15) is 0 Å². The van der Waals surface area contributed by atoms with Crippen LogP contribution in [-0.4, -0.2) is 6.61 Å². The highest BCUT2D eigenvalue weighted by Crippen LogP contribution is 2.21. The second-order valence-electron chi connectivity index (χ2n) is 4.83. The van der Waals surface area contributed by atoms with Crippen molar-refractivity contribution < 1.29 is 4.74 Å². The molecule has 0 spiro atoms. The Balaban J connectivity index is 1.92. The van der Waals surface area contributed by atoms with Crippen LogP contribution in [0.3, 0.4) is 0 Å². The van der Waals surface area contributed by atoms with Crippen LogP contribution in [0.15, 0.2) is 35.7 Å². The Morgan fingerprint density at radius 2 is 1.90 bits per heavy atom. The summed E-state index contributed by atoms with van der Waals surface area (Å²) >= 11 is 1.84. The van der Waals surface area contributed by atoms with Crippen molar-refractivity contribution in [3.63, 3.8) is 0 Å². The maximum absolute atomic E-state index is 5.47. The molecule has 0 radical (unpaired) electrons. The molecule has 108 valence electrons. The Kier molecular flexibility index (Phi) is 5.62. The van der Waals surface area contributed by atoms with Crippen molar-refractivity contribution in [2.45, 2.75) is 39.8 Å². The zero-order valence-electron chi connectivity index (χ0n) is 12.5. The second-order valence-corrected chi connectivity index (χ2v) is 5.83. The van der Waals surface area contributed by atoms with Crippen LogP contribution in [0.5, 0.6) is 5.75 Å². The minimum absolute atomic E-state index is 0.345. The topological polar surface area (TPSA) is 21.3 Å². The van der Waals surface area contributed by atoms with Gasteiger partial charge in [-0.3, -0.25) is 0 Å². The van der Waals surface area contributed by atoms with E-state index in [1.165, 1.54) is 16.0 Å². The molecule has 1 heterocycles. The van der Waals surface area contributed by atoms with Gasteiger partial charge in [0.1, 0.15) is 5.75 Å². The highest BCUT2D eigenvalue weighted by atomic mass is 32.1. The predicted octanol–water partition coefficient (Wildman–Crippen LogP) is 4.56. The lowest BCUT2D eigenvalue weighted by Crippen LogP contribution is -2.18. The summed E-state index contributed by atoms with van der Waals surface area (Å²) < 4.78 is 5.47.